The molecule has 0 radical (unpaired) electrons. The lowest BCUT2D eigenvalue weighted by atomic mass is 10.2. The maximum absolute atomic E-state index is 13.4. The minimum absolute atomic E-state index is 0.0709. The summed E-state index contributed by atoms with van der Waals surface area (Å²) in [4.78, 5) is 2.25. The second-order valence-electron chi connectivity index (χ2n) is 5.70. The SMILES string of the molecule is O=S(=O)(c1cc(F)cc(Cl)c1)N1CCC(N2CCNCC2)C1. The van der Waals surface area contributed by atoms with Gasteiger partial charge in [0.1, 0.15) is 5.82 Å². The molecule has 1 unspecified atom stereocenters. The van der Waals surface area contributed by atoms with Crippen LogP contribution in [0.25, 0.3) is 0 Å². The lowest BCUT2D eigenvalue weighted by Crippen LogP contribution is -2.49. The van der Waals surface area contributed by atoms with E-state index in [0.29, 0.717) is 13.1 Å². The minimum Gasteiger partial charge on any atom is -0.314 e. The highest BCUT2D eigenvalue weighted by Gasteiger charge is 2.35. The van der Waals surface area contributed by atoms with Gasteiger partial charge in [-0.25, -0.2) is 12.8 Å². The fourth-order valence-corrected chi connectivity index (χ4v) is 4.94. The number of halogens is 2. The number of rotatable bonds is 3. The van der Waals surface area contributed by atoms with Gasteiger partial charge in [-0.1, -0.05) is 11.6 Å². The molecule has 1 atom stereocenters. The van der Waals surface area contributed by atoms with Gasteiger partial charge in [-0.15, -0.1) is 0 Å². The van der Waals surface area contributed by atoms with Crippen LogP contribution in [0, 0.1) is 5.82 Å². The van der Waals surface area contributed by atoms with Crippen LogP contribution in [0.3, 0.4) is 0 Å². The van der Waals surface area contributed by atoms with Gasteiger partial charge in [-0.05, 0) is 24.6 Å². The maximum Gasteiger partial charge on any atom is 0.243 e. The van der Waals surface area contributed by atoms with Crippen LogP contribution < -0.4 is 5.32 Å². The molecule has 0 aromatic heterocycles. The normalized spacial score (nSPS) is 24.7. The standard InChI is InChI=1S/C14H19ClFN3O2S/c15-11-7-12(16)9-14(8-11)22(20,21)19-4-1-13(10-19)18-5-2-17-3-6-18/h7-9,13,17H,1-6,10H2. The van der Waals surface area contributed by atoms with Crippen molar-refractivity contribution in [1.29, 1.82) is 0 Å². The monoisotopic (exact) mass is 347 g/mol. The summed E-state index contributed by atoms with van der Waals surface area (Å²) >= 11 is 5.78. The highest BCUT2D eigenvalue weighted by atomic mass is 35.5. The van der Waals surface area contributed by atoms with E-state index in [1.54, 1.807) is 0 Å². The second-order valence-corrected chi connectivity index (χ2v) is 8.07. The number of piperazine rings is 1. The molecule has 2 aliphatic heterocycles. The molecule has 0 bridgehead atoms. The van der Waals surface area contributed by atoms with E-state index in [4.69, 9.17) is 11.6 Å². The molecule has 5 nitrogen and oxygen atoms in total. The zero-order valence-corrected chi connectivity index (χ0v) is 13.7. The summed E-state index contributed by atoms with van der Waals surface area (Å²) < 4.78 is 40.1. The van der Waals surface area contributed by atoms with Gasteiger partial charge < -0.3 is 5.32 Å². The van der Waals surface area contributed by atoms with Crippen molar-refractivity contribution in [2.24, 2.45) is 0 Å². The van der Waals surface area contributed by atoms with E-state index in [2.05, 4.69) is 10.2 Å². The molecule has 22 heavy (non-hydrogen) atoms. The average Bonchev–Trinajstić information content (AvgIpc) is 2.98. The molecule has 3 rings (SSSR count). The van der Waals surface area contributed by atoms with E-state index < -0.39 is 15.8 Å². The largest absolute Gasteiger partial charge is 0.314 e. The van der Waals surface area contributed by atoms with Gasteiger partial charge in [-0.2, -0.15) is 4.31 Å². The summed E-state index contributed by atoms with van der Waals surface area (Å²) in [5.74, 6) is -0.635. The molecule has 0 saturated carbocycles. The summed E-state index contributed by atoms with van der Waals surface area (Å²) in [5.41, 5.74) is 0. The fourth-order valence-electron chi connectivity index (χ4n) is 3.10. The van der Waals surface area contributed by atoms with E-state index in [0.717, 1.165) is 44.7 Å². The molecule has 8 heteroatoms. The average molecular weight is 348 g/mol. The summed E-state index contributed by atoms with van der Waals surface area (Å²) in [6.07, 6.45) is 0.808. The Morgan fingerprint density at radius 3 is 2.59 bits per heavy atom. The van der Waals surface area contributed by atoms with Crippen LogP contribution in [-0.4, -0.2) is 62.9 Å². The van der Waals surface area contributed by atoms with Gasteiger partial charge in [0.05, 0.1) is 4.90 Å². The summed E-state index contributed by atoms with van der Waals surface area (Å²) in [5, 5.41) is 3.38. The topological polar surface area (TPSA) is 52.7 Å². The van der Waals surface area contributed by atoms with Crippen molar-refractivity contribution in [3.8, 4) is 0 Å². The molecular formula is C14H19ClFN3O2S. The predicted molar refractivity (Wildman–Crippen MR) is 83.0 cm³/mol. The van der Waals surface area contributed by atoms with Gasteiger partial charge in [0, 0.05) is 50.3 Å². The Morgan fingerprint density at radius 1 is 1.18 bits per heavy atom. The van der Waals surface area contributed by atoms with E-state index in [1.165, 1.54) is 10.4 Å². The molecule has 0 amide bonds. The van der Waals surface area contributed by atoms with Crippen molar-refractivity contribution in [1.82, 2.24) is 14.5 Å². The van der Waals surface area contributed by atoms with E-state index in [-0.39, 0.29) is 16.0 Å². The first-order chi connectivity index (χ1) is 10.5. The number of nitrogens with one attached hydrogen (secondary N) is 1. The Kier molecular flexibility index (Phi) is 4.70. The van der Waals surface area contributed by atoms with Crippen LogP contribution in [0.1, 0.15) is 6.42 Å². The zero-order chi connectivity index (χ0) is 15.7. The molecule has 1 N–H and O–H groups in total. The summed E-state index contributed by atoms with van der Waals surface area (Å²) in [7, 11) is -3.69. The fraction of sp³-hybridized carbons (Fsp3) is 0.571. The van der Waals surface area contributed by atoms with Crippen molar-refractivity contribution < 1.29 is 12.8 Å². The Bertz CT molecular complexity index is 629. The molecule has 122 valence electrons. The molecule has 2 fully saturated rings. The first kappa shape index (κ1) is 16.1. The number of hydrogen-bond donors (Lipinski definition) is 1. The smallest absolute Gasteiger partial charge is 0.243 e. The van der Waals surface area contributed by atoms with Gasteiger partial charge >= 0.3 is 0 Å². The second kappa shape index (κ2) is 6.41. The summed E-state index contributed by atoms with van der Waals surface area (Å²) in [6.45, 7) is 4.65. The Hall–Kier alpha value is -0.730. The van der Waals surface area contributed by atoms with Crippen molar-refractivity contribution in [2.75, 3.05) is 39.3 Å². The van der Waals surface area contributed by atoms with Gasteiger partial charge in [0.25, 0.3) is 0 Å². The van der Waals surface area contributed by atoms with Crippen LogP contribution in [0.15, 0.2) is 23.1 Å². The van der Waals surface area contributed by atoms with Crippen LogP contribution in [0.4, 0.5) is 4.39 Å². The van der Waals surface area contributed by atoms with Gasteiger partial charge in [-0.3, -0.25) is 4.90 Å². The van der Waals surface area contributed by atoms with Crippen LogP contribution in [-0.2, 0) is 10.0 Å². The predicted octanol–water partition coefficient (Wildman–Crippen LogP) is 1.15. The summed E-state index contributed by atoms with van der Waals surface area (Å²) in [6, 6.07) is 3.67. The molecule has 2 heterocycles. The number of sulfonamides is 1. The molecule has 2 saturated heterocycles. The van der Waals surface area contributed by atoms with E-state index >= 15 is 0 Å². The Balaban J connectivity index is 1.76. The third-order valence-electron chi connectivity index (χ3n) is 4.27. The first-order valence-electron chi connectivity index (χ1n) is 7.38. The first-order valence-corrected chi connectivity index (χ1v) is 9.19. The number of benzene rings is 1. The zero-order valence-electron chi connectivity index (χ0n) is 12.1. The quantitative estimate of drug-likeness (QED) is 0.891. The van der Waals surface area contributed by atoms with Crippen LogP contribution >= 0.6 is 11.6 Å². The van der Waals surface area contributed by atoms with Crippen LogP contribution in [0.2, 0.25) is 5.02 Å². The van der Waals surface area contributed by atoms with Gasteiger partial charge in [0.15, 0.2) is 0 Å². The van der Waals surface area contributed by atoms with Crippen molar-refractivity contribution in [3.05, 3.63) is 29.0 Å². The third kappa shape index (κ3) is 3.28. The minimum atomic E-state index is -3.69. The van der Waals surface area contributed by atoms with E-state index in [1.807, 2.05) is 0 Å². The molecular weight excluding hydrogens is 329 g/mol. The van der Waals surface area contributed by atoms with Crippen molar-refractivity contribution in [3.63, 3.8) is 0 Å². The molecule has 1 aromatic rings. The Labute approximate surface area is 135 Å². The van der Waals surface area contributed by atoms with E-state index in [9.17, 15) is 12.8 Å². The number of hydrogen-bond acceptors (Lipinski definition) is 4. The highest BCUT2D eigenvalue weighted by Crippen LogP contribution is 2.26. The highest BCUT2D eigenvalue weighted by molar-refractivity contribution is 7.89. The maximum atomic E-state index is 13.4. The van der Waals surface area contributed by atoms with Crippen LogP contribution in [0.5, 0.6) is 0 Å². The Morgan fingerprint density at radius 2 is 1.91 bits per heavy atom. The van der Waals surface area contributed by atoms with Gasteiger partial charge in [0.2, 0.25) is 10.0 Å². The van der Waals surface area contributed by atoms with Crippen molar-refractivity contribution >= 4 is 21.6 Å². The molecule has 0 aliphatic carbocycles. The lowest BCUT2D eigenvalue weighted by molar-refractivity contribution is 0.179. The number of nitrogens with zero attached hydrogens (tertiary/aromatic N) is 2. The lowest BCUT2D eigenvalue weighted by Gasteiger charge is -2.32. The third-order valence-corrected chi connectivity index (χ3v) is 6.33. The molecule has 2 aliphatic rings. The van der Waals surface area contributed by atoms with Crippen molar-refractivity contribution in [2.45, 2.75) is 17.4 Å². The molecule has 1 aromatic carbocycles. The molecule has 0 spiro atoms.